The molecule has 0 bridgehead atoms. The zero-order valence-corrected chi connectivity index (χ0v) is 11.0. The van der Waals surface area contributed by atoms with Crippen LogP contribution >= 0.6 is 0 Å². The quantitative estimate of drug-likeness (QED) is 0.780. The highest BCUT2D eigenvalue weighted by Crippen LogP contribution is 2.11. The molecule has 2 heterocycles. The Hall–Kier alpha value is -1.42. The summed E-state index contributed by atoms with van der Waals surface area (Å²) >= 11 is 0. The molecule has 1 amide bonds. The number of nitrogens with zero attached hydrogens (tertiary/aromatic N) is 2. The lowest BCUT2D eigenvalue weighted by atomic mass is 10.2. The largest absolute Gasteiger partial charge is 0.351 e. The van der Waals surface area contributed by atoms with Crippen molar-refractivity contribution in [2.75, 3.05) is 19.6 Å². The Morgan fingerprint density at radius 1 is 1.44 bits per heavy atom. The number of carbonyl (C=O) groups is 1. The maximum atomic E-state index is 11.9. The van der Waals surface area contributed by atoms with Crippen molar-refractivity contribution in [1.82, 2.24) is 15.2 Å². The van der Waals surface area contributed by atoms with Crippen LogP contribution < -0.4 is 5.32 Å². The molecule has 0 saturated carbocycles. The monoisotopic (exact) mass is 247 g/mol. The molecule has 1 aliphatic rings. The predicted octanol–water partition coefficient (Wildman–Crippen LogP) is 1.82. The molecule has 0 atom stereocenters. The van der Waals surface area contributed by atoms with Crippen LogP contribution in [-0.4, -0.2) is 35.4 Å². The minimum Gasteiger partial charge on any atom is -0.351 e. The summed E-state index contributed by atoms with van der Waals surface area (Å²) in [5.41, 5.74) is 1.52. The van der Waals surface area contributed by atoms with Crippen molar-refractivity contribution in [2.24, 2.45) is 0 Å². The van der Waals surface area contributed by atoms with Crippen molar-refractivity contribution >= 4 is 5.91 Å². The van der Waals surface area contributed by atoms with E-state index in [4.69, 9.17) is 0 Å². The molecule has 1 fully saturated rings. The second-order valence-electron chi connectivity index (χ2n) is 4.75. The van der Waals surface area contributed by atoms with E-state index < -0.39 is 0 Å². The van der Waals surface area contributed by atoms with Crippen LogP contribution in [0.4, 0.5) is 0 Å². The minimum atomic E-state index is -0.0612. The van der Waals surface area contributed by atoms with Crippen molar-refractivity contribution in [3.63, 3.8) is 0 Å². The fraction of sp³-hybridized carbons (Fsp3) is 0.571. The molecule has 1 saturated heterocycles. The fourth-order valence-corrected chi connectivity index (χ4v) is 1.93. The first-order valence-electron chi connectivity index (χ1n) is 6.76. The van der Waals surface area contributed by atoms with Crippen LogP contribution in [0.15, 0.2) is 18.2 Å². The van der Waals surface area contributed by atoms with Gasteiger partial charge < -0.3 is 5.32 Å². The van der Waals surface area contributed by atoms with Gasteiger partial charge in [-0.1, -0.05) is 19.4 Å². The van der Waals surface area contributed by atoms with Gasteiger partial charge in [0.05, 0.1) is 5.69 Å². The van der Waals surface area contributed by atoms with Gasteiger partial charge in [-0.2, -0.15) is 0 Å². The highest BCUT2D eigenvalue weighted by atomic mass is 16.1. The fourth-order valence-electron chi connectivity index (χ4n) is 1.93. The van der Waals surface area contributed by atoms with Gasteiger partial charge in [-0.25, -0.2) is 4.98 Å². The first kappa shape index (κ1) is 13.0. The molecule has 4 nitrogen and oxygen atoms in total. The number of pyridine rings is 1. The van der Waals surface area contributed by atoms with E-state index in [0.29, 0.717) is 5.69 Å². The van der Waals surface area contributed by atoms with Gasteiger partial charge in [0.1, 0.15) is 5.69 Å². The summed E-state index contributed by atoms with van der Waals surface area (Å²) in [5, 5.41) is 2.89. The Labute approximate surface area is 108 Å². The third-order valence-electron chi connectivity index (χ3n) is 3.19. The van der Waals surface area contributed by atoms with Crippen LogP contribution in [0.3, 0.4) is 0 Å². The zero-order valence-electron chi connectivity index (χ0n) is 11.0. The third kappa shape index (κ3) is 3.53. The van der Waals surface area contributed by atoms with E-state index >= 15 is 0 Å². The summed E-state index contributed by atoms with van der Waals surface area (Å²) in [4.78, 5) is 18.6. The number of aromatic nitrogens is 1. The van der Waals surface area contributed by atoms with Crippen LogP contribution in [-0.2, 0) is 6.54 Å². The molecule has 2 rings (SSSR count). The second kappa shape index (κ2) is 6.50. The van der Waals surface area contributed by atoms with Crippen LogP contribution in [0.1, 0.15) is 42.4 Å². The van der Waals surface area contributed by atoms with E-state index in [1.54, 1.807) is 6.07 Å². The number of hydrogen-bond acceptors (Lipinski definition) is 3. The lowest BCUT2D eigenvalue weighted by molar-refractivity contribution is 0.0947. The maximum Gasteiger partial charge on any atom is 0.269 e. The molecule has 4 heteroatoms. The zero-order chi connectivity index (χ0) is 12.8. The lowest BCUT2D eigenvalue weighted by Crippen LogP contribution is -2.36. The average Bonchev–Trinajstić information content (AvgIpc) is 2.34. The summed E-state index contributed by atoms with van der Waals surface area (Å²) < 4.78 is 0. The molecule has 1 aromatic heterocycles. The van der Waals surface area contributed by atoms with Gasteiger partial charge in [0.25, 0.3) is 5.91 Å². The molecule has 1 aliphatic heterocycles. The topological polar surface area (TPSA) is 45.2 Å². The van der Waals surface area contributed by atoms with Crippen molar-refractivity contribution in [3.8, 4) is 0 Å². The summed E-state index contributed by atoms with van der Waals surface area (Å²) in [7, 11) is 0. The van der Waals surface area contributed by atoms with Crippen LogP contribution in [0.2, 0.25) is 0 Å². The van der Waals surface area contributed by atoms with E-state index in [0.717, 1.165) is 44.7 Å². The Kier molecular flexibility index (Phi) is 4.70. The second-order valence-corrected chi connectivity index (χ2v) is 4.75. The SMILES string of the molecule is CCCCNC(=O)c1cccc(CN2CCC2)n1. The van der Waals surface area contributed by atoms with E-state index in [1.807, 2.05) is 12.1 Å². The number of hydrogen-bond donors (Lipinski definition) is 1. The lowest BCUT2D eigenvalue weighted by Gasteiger charge is -2.30. The number of rotatable bonds is 6. The standard InChI is InChI=1S/C14H21N3O/c1-2-3-8-15-14(18)13-7-4-6-12(16-13)11-17-9-5-10-17/h4,6-7H,2-3,5,8-11H2,1H3,(H,15,18). The summed E-state index contributed by atoms with van der Waals surface area (Å²) in [6.07, 6.45) is 3.37. The molecule has 0 unspecified atom stereocenters. The predicted molar refractivity (Wildman–Crippen MR) is 71.4 cm³/mol. The average molecular weight is 247 g/mol. The van der Waals surface area contributed by atoms with Crippen LogP contribution in [0.25, 0.3) is 0 Å². The van der Waals surface area contributed by atoms with Gasteiger partial charge in [-0.05, 0) is 38.1 Å². The van der Waals surface area contributed by atoms with E-state index in [2.05, 4.69) is 22.1 Å². The number of nitrogens with one attached hydrogen (secondary N) is 1. The summed E-state index contributed by atoms with van der Waals surface area (Å²) in [5.74, 6) is -0.0612. The molecular weight excluding hydrogens is 226 g/mol. The van der Waals surface area contributed by atoms with Gasteiger partial charge in [-0.15, -0.1) is 0 Å². The smallest absolute Gasteiger partial charge is 0.269 e. The third-order valence-corrected chi connectivity index (χ3v) is 3.19. The maximum absolute atomic E-state index is 11.9. The number of carbonyl (C=O) groups excluding carboxylic acids is 1. The van der Waals surface area contributed by atoms with Gasteiger partial charge in [0, 0.05) is 13.1 Å². The van der Waals surface area contributed by atoms with Crippen molar-refractivity contribution in [1.29, 1.82) is 0 Å². The first-order chi connectivity index (χ1) is 8.79. The molecule has 98 valence electrons. The summed E-state index contributed by atoms with van der Waals surface area (Å²) in [6, 6.07) is 5.68. The highest BCUT2D eigenvalue weighted by Gasteiger charge is 2.15. The molecule has 1 aromatic rings. The van der Waals surface area contributed by atoms with E-state index in [-0.39, 0.29) is 5.91 Å². The van der Waals surface area contributed by atoms with Gasteiger partial charge >= 0.3 is 0 Å². The highest BCUT2D eigenvalue weighted by molar-refractivity contribution is 5.92. The van der Waals surface area contributed by atoms with Gasteiger partial charge in [0.15, 0.2) is 0 Å². The van der Waals surface area contributed by atoms with Gasteiger partial charge in [0.2, 0.25) is 0 Å². The normalized spacial score (nSPS) is 15.2. The Bertz CT molecular complexity index is 402. The number of likely N-dealkylation sites (tertiary alicyclic amines) is 1. The minimum absolute atomic E-state index is 0.0612. The number of amides is 1. The first-order valence-corrected chi connectivity index (χ1v) is 6.76. The molecule has 0 radical (unpaired) electrons. The van der Waals surface area contributed by atoms with Crippen LogP contribution in [0, 0.1) is 0 Å². The molecule has 1 N–H and O–H groups in total. The molecule has 0 aliphatic carbocycles. The molecule has 0 spiro atoms. The summed E-state index contributed by atoms with van der Waals surface area (Å²) in [6.45, 7) is 5.99. The Morgan fingerprint density at radius 3 is 2.94 bits per heavy atom. The molecule has 0 aromatic carbocycles. The van der Waals surface area contributed by atoms with Gasteiger partial charge in [-0.3, -0.25) is 9.69 Å². The van der Waals surface area contributed by atoms with E-state index in [9.17, 15) is 4.79 Å². The van der Waals surface area contributed by atoms with Crippen molar-refractivity contribution in [3.05, 3.63) is 29.6 Å². The molecule has 18 heavy (non-hydrogen) atoms. The number of unbranched alkanes of at least 4 members (excludes halogenated alkanes) is 1. The van der Waals surface area contributed by atoms with E-state index in [1.165, 1.54) is 6.42 Å². The Balaban J connectivity index is 1.90. The Morgan fingerprint density at radius 2 is 2.28 bits per heavy atom. The van der Waals surface area contributed by atoms with Crippen LogP contribution in [0.5, 0.6) is 0 Å². The molecular formula is C14H21N3O. The van der Waals surface area contributed by atoms with Crippen molar-refractivity contribution in [2.45, 2.75) is 32.7 Å². The van der Waals surface area contributed by atoms with Crippen molar-refractivity contribution < 1.29 is 4.79 Å².